The molecule has 0 saturated heterocycles. The van der Waals surface area contributed by atoms with Crippen molar-refractivity contribution < 1.29 is 0 Å². The predicted molar refractivity (Wildman–Crippen MR) is 77.5 cm³/mol. The normalized spacial score (nSPS) is 23.6. The number of rotatable bonds is 3. The van der Waals surface area contributed by atoms with Crippen LogP contribution < -0.4 is 11.1 Å². The fraction of sp³-hybridized carbons (Fsp3) is 0.500. The first-order valence-corrected chi connectivity index (χ1v) is 6.64. The minimum Gasteiger partial charge on any atom is -0.389 e. The van der Waals surface area contributed by atoms with E-state index in [9.17, 15) is 0 Å². The highest BCUT2D eigenvalue weighted by atomic mass is 32.1. The van der Waals surface area contributed by atoms with Crippen molar-refractivity contribution in [3.05, 3.63) is 29.3 Å². The maximum atomic E-state index is 5.76. The van der Waals surface area contributed by atoms with Gasteiger partial charge in [-0.15, -0.1) is 0 Å². The lowest BCUT2D eigenvalue weighted by atomic mass is 10.1. The second kappa shape index (κ2) is 5.05. The molecule has 1 saturated carbocycles. The van der Waals surface area contributed by atoms with Gasteiger partial charge in [0.25, 0.3) is 0 Å². The molecule has 2 nitrogen and oxygen atoms in total. The third-order valence-electron chi connectivity index (χ3n) is 3.49. The van der Waals surface area contributed by atoms with Crippen molar-refractivity contribution in [1.82, 2.24) is 0 Å². The Bertz CT molecular complexity index is 428. The van der Waals surface area contributed by atoms with E-state index in [1.165, 1.54) is 24.8 Å². The van der Waals surface area contributed by atoms with Crippen molar-refractivity contribution in [2.45, 2.75) is 39.2 Å². The van der Waals surface area contributed by atoms with Crippen LogP contribution in [-0.2, 0) is 0 Å². The molecule has 0 aliphatic heterocycles. The number of nitrogens with two attached hydrogens (primary N) is 1. The van der Waals surface area contributed by atoms with Crippen LogP contribution in [-0.4, -0.2) is 11.0 Å². The first kappa shape index (κ1) is 12.4. The summed E-state index contributed by atoms with van der Waals surface area (Å²) in [6, 6.07) is 6.77. The van der Waals surface area contributed by atoms with E-state index in [1.54, 1.807) is 0 Å². The molecule has 1 aromatic rings. The van der Waals surface area contributed by atoms with Crippen LogP contribution in [0.1, 0.15) is 37.3 Å². The van der Waals surface area contributed by atoms with E-state index in [0.717, 1.165) is 17.2 Å². The molecular formula is C14H20N2S. The number of hydrogen-bond acceptors (Lipinski definition) is 2. The third-order valence-corrected chi connectivity index (χ3v) is 3.71. The average molecular weight is 248 g/mol. The van der Waals surface area contributed by atoms with E-state index in [1.807, 2.05) is 6.07 Å². The molecule has 0 radical (unpaired) electrons. The van der Waals surface area contributed by atoms with Gasteiger partial charge in [-0.05, 0) is 49.8 Å². The fourth-order valence-corrected chi connectivity index (χ4v) is 2.73. The van der Waals surface area contributed by atoms with Gasteiger partial charge in [0.05, 0.1) is 0 Å². The summed E-state index contributed by atoms with van der Waals surface area (Å²) < 4.78 is 0. The Labute approximate surface area is 109 Å². The Morgan fingerprint density at radius 2 is 2.18 bits per heavy atom. The van der Waals surface area contributed by atoms with Crippen LogP contribution in [0.3, 0.4) is 0 Å². The first-order valence-electron chi connectivity index (χ1n) is 6.23. The largest absolute Gasteiger partial charge is 0.389 e. The molecule has 0 bridgehead atoms. The summed E-state index contributed by atoms with van der Waals surface area (Å²) in [6.07, 6.45) is 3.79. The zero-order valence-corrected chi connectivity index (χ0v) is 11.3. The van der Waals surface area contributed by atoms with E-state index in [-0.39, 0.29) is 0 Å². The van der Waals surface area contributed by atoms with Gasteiger partial charge in [0.2, 0.25) is 0 Å². The number of hydrogen-bond donors (Lipinski definition) is 2. The molecule has 17 heavy (non-hydrogen) atoms. The molecule has 1 aliphatic rings. The lowest BCUT2D eigenvalue weighted by molar-refractivity contribution is 0.602. The van der Waals surface area contributed by atoms with E-state index in [0.29, 0.717) is 11.0 Å². The average Bonchev–Trinajstić information content (AvgIpc) is 2.63. The van der Waals surface area contributed by atoms with Gasteiger partial charge in [-0.3, -0.25) is 0 Å². The molecule has 2 unspecified atom stereocenters. The minimum atomic E-state index is 0.471. The van der Waals surface area contributed by atoms with Crippen LogP contribution in [0.5, 0.6) is 0 Å². The molecule has 2 atom stereocenters. The summed E-state index contributed by atoms with van der Waals surface area (Å²) in [7, 11) is 0. The Morgan fingerprint density at radius 3 is 2.76 bits per heavy atom. The molecular weight excluding hydrogens is 228 g/mol. The zero-order chi connectivity index (χ0) is 12.4. The van der Waals surface area contributed by atoms with E-state index in [2.05, 4.69) is 31.3 Å². The predicted octanol–water partition coefficient (Wildman–Crippen LogP) is 3.23. The highest BCUT2D eigenvalue weighted by Crippen LogP contribution is 2.29. The lowest BCUT2D eigenvalue weighted by Crippen LogP contribution is -2.19. The lowest BCUT2D eigenvalue weighted by Gasteiger charge is -2.17. The molecule has 3 heteroatoms. The van der Waals surface area contributed by atoms with Crippen molar-refractivity contribution in [2.75, 3.05) is 5.32 Å². The molecule has 0 aromatic heterocycles. The molecule has 1 aromatic carbocycles. The highest BCUT2D eigenvalue weighted by Gasteiger charge is 2.21. The molecule has 0 amide bonds. The number of thiocarbonyl (C=S) groups is 1. The Morgan fingerprint density at radius 1 is 1.41 bits per heavy atom. The summed E-state index contributed by atoms with van der Waals surface area (Å²) in [4.78, 5) is 0.471. The van der Waals surface area contributed by atoms with Gasteiger partial charge in [0, 0.05) is 17.3 Å². The molecule has 3 N–H and O–H groups in total. The van der Waals surface area contributed by atoms with Crippen LogP contribution in [0.25, 0.3) is 0 Å². The van der Waals surface area contributed by atoms with Gasteiger partial charge >= 0.3 is 0 Å². The van der Waals surface area contributed by atoms with Gasteiger partial charge < -0.3 is 11.1 Å². The topological polar surface area (TPSA) is 38.0 Å². The molecule has 0 heterocycles. The van der Waals surface area contributed by atoms with E-state index >= 15 is 0 Å². The van der Waals surface area contributed by atoms with Gasteiger partial charge in [-0.2, -0.15) is 0 Å². The maximum absolute atomic E-state index is 5.76. The molecule has 1 aliphatic carbocycles. The van der Waals surface area contributed by atoms with E-state index < -0.39 is 0 Å². The molecule has 92 valence electrons. The van der Waals surface area contributed by atoms with Crippen molar-refractivity contribution in [1.29, 1.82) is 0 Å². The van der Waals surface area contributed by atoms with Gasteiger partial charge in [-0.25, -0.2) is 0 Å². The van der Waals surface area contributed by atoms with E-state index in [4.69, 9.17) is 18.0 Å². The van der Waals surface area contributed by atoms with Crippen LogP contribution in [0.4, 0.5) is 5.69 Å². The summed E-state index contributed by atoms with van der Waals surface area (Å²) >= 11 is 5.09. The quantitative estimate of drug-likeness (QED) is 0.807. The second-order valence-corrected chi connectivity index (χ2v) is 5.61. The van der Waals surface area contributed by atoms with Crippen LogP contribution >= 0.6 is 12.2 Å². The van der Waals surface area contributed by atoms with Crippen molar-refractivity contribution in [3.8, 4) is 0 Å². The van der Waals surface area contributed by atoms with Crippen LogP contribution in [0, 0.1) is 12.8 Å². The Kier molecular flexibility index (Phi) is 3.67. The van der Waals surface area contributed by atoms with Crippen molar-refractivity contribution >= 4 is 22.9 Å². The smallest absolute Gasteiger partial charge is 0.106 e. The van der Waals surface area contributed by atoms with Crippen LogP contribution in [0.2, 0.25) is 0 Å². The molecule has 2 rings (SSSR count). The maximum Gasteiger partial charge on any atom is 0.106 e. The van der Waals surface area contributed by atoms with Gasteiger partial charge in [0.15, 0.2) is 0 Å². The Hall–Kier alpha value is -1.09. The van der Waals surface area contributed by atoms with Crippen molar-refractivity contribution in [2.24, 2.45) is 11.7 Å². The minimum absolute atomic E-state index is 0.471. The van der Waals surface area contributed by atoms with Crippen molar-refractivity contribution in [3.63, 3.8) is 0 Å². The summed E-state index contributed by atoms with van der Waals surface area (Å²) in [5, 5.41) is 3.59. The summed E-state index contributed by atoms with van der Waals surface area (Å²) in [5.74, 6) is 0.825. The summed E-state index contributed by atoms with van der Waals surface area (Å²) in [5.41, 5.74) is 9.05. The van der Waals surface area contributed by atoms with Gasteiger partial charge in [0.1, 0.15) is 4.99 Å². The monoisotopic (exact) mass is 248 g/mol. The second-order valence-electron chi connectivity index (χ2n) is 5.17. The third kappa shape index (κ3) is 2.97. The van der Waals surface area contributed by atoms with Gasteiger partial charge in [-0.1, -0.05) is 25.2 Å². The number of aryl methyl sites for hydroxylation is 1. The summed E-state index contributed by atoms with van der Waals surface area (Å²) in [6.45, 7) is 4.40. The highest BCUT2D eigenvalue weighted by molar-refractivity contribution is 7.80. The molecule has 0 spiro atoms. The zero-order valence-electron chi connectivity index (χ0n) is 10.5. The SMILES string of the molecule is Cc1ccc(C(N)=S)c(NC2CCC(C)C2)c1. The number of anilines is 1. The fourth-order valence-electron chi connectivity index (χ4n) is 2.55. The first-order chi connectivity index (χ1) is 8.06. The standard InChI is InChI=1S/C14H20N2S/c1-9-3-5-11(7-9)16-13-8-10(2)4-6-12(13)14(15)17/h4,6,8-9,11,16H,3,5,7H2,1-2H3,(H2,15,17). The Balaban J connectivity index is 2.19. The molecule has 1 fully saturated rings. The number of benzene rings is 1. The number of nitrogens with one attached hydrogen (secondary N) is 1. The van der Waals surface area contributed by atoms with Crippen LogP contribution in [0.15, 0.2) is 18.2 Å².